The Hall–Kier alpha value is -0.160. The highest BCUT2D eigenvalue weighted by atomic mass is 16.3. The second-order valence-electron chi connectivity index (χ2n) is 6.62. The molecule has 2 rings (SSSR count). The molecular weight excluding hydrogens is 238 g/mol. The van der Waals surface area contributed by atoms with Gasteiger partial charge < -0.3 is 20.6 Å². The van der Waals surface area contributed by atoms with Crippen molar-refractivity contribution in [2.75, 3.05) is 46.4 Å². The van der Waals surface area contributed by atoms with Gasteiger partial charge in [-0.05, 0) is 64.7 Å². The Balaban J connectivity index is 1.64. The number of likely N-dealkylation sites (tertiary alicyclic amines) is 1. The molecule has 0 radical (unpaired) electrons. The van der Waals surface area contributed by atoms with E-state index in [4.69, 9.17) is 5.73 Å². The van der Waals surface area contributed by atoms with E-state index >= 15 is 0 Å². The summed E-state index contributed by atoms with van der Waals surface area (Å²) >= 11 is 0. The van der Waals surface area contributed by atoms with Gasteiger partial charge in [0.1, 0.15) is 0 Å². The minimum absolute atomic E-state index is 0.148. The summed E-state index contributed by atoms with van der Waals surface area (Å²) < 4.78 is 0. The maximum absolute atomic E-state index is 9.46. The minimum atomic E-state index is -0.296. The maximum Gasteiger partial charge on any atom is 0.0613 e. The lowest BCUT2D eigenvalue weighted by atomic mass is 9.86. The monoisotopic (exact) mass is 269 g/mol. The molecule has 2 aliphatic rings. The van der Waals surface area contributed by atoms with Gasteiger partial charge in [-0.25, -0.2) is 0 Å². The number of hydrogen-bond acceptors (Lipinski definition) is 4. The summed E-state index contributed by atoms with van der Waals surface area (Å²) in [6.07, 6.45) is 7.24. The van der Waals surface area contributed by atoms with E-state index in [2.05, 4.69) is 16.8 Å². The molecule has 0 bridgehead atoms. The molecule has 1 aliphatic carbocycles. The Kier molecular flexibility index (Phi) is 5.63. The van der Waals surface area contributed by atoms with Crippen LogP contribution in [0.5, 0.6) is 0 Å². The van der Waals surface area contributed by atoms with Gasteiger partial charge in [0.2, 0.25) is 0 Å². The van der Waals surface area contributed by atoms with Crippen molar-refractivity contribution < 1.29 is 5.11 Å². The fraction of sp³-hybridized carbons (Fsp3) is 1.00. The summed E-state index contributed by atoms with van der Waals surface area (Å²) in [4.78, 5) is 4.99. The lowest BCUT2D eigenvalue weighted by molar-refractivity contribution is 0.145. The van der Waals surface area contributed by atoms with E-state index < -0.39 is 0 Å². The Morgan fingerprint density at radius 1 is 1.26 bits per heavy atom. The van der Waals surface area contributed by atoms with E-state index in [-0.39, 0.29) is 12.1 Å². The molecule has 3 N–H and O–H groups in total. The summed E-state index contributed by atoms with van der Waals surface area (Å²) in [5.74, 6) is 0.506. The number of hydrogen-bond donors (Lipinski definition) is 2. The van der Waals surface area contributed by atoms with Gasteiger partial charge in [0, 0.05) is 18.6 Å². The van der Waals surface area contributed by atoms with Crippen molar-refractivity contribution in [1.82, 2.24) is 9.80 Å². The molecule has 1 saturated heterocycles. The van der Waals surface area contributed by atoms with E-state index in [9.17, 15) is 5.11 Å². The third-order valence-electron chi connectivity index (χ3n) is 5.16. The molecule has 0 aromatic rings. The molecule has 2 fully saturated rings. The van der Waals surface area contributed by atoms with Crippen LogP contribution in [0, 0.1) is 5.92 Å². The third-order valence-corrected chi connectivity index (χ3v) is 5.16. The number of nitrogens with zero attached hydrogens (tertiary/aromatic N) is 2. The Morgan fingerprint density at radius 2 is 2.00 bits per heavy atom. The molecule has 112 valence electrons. The van der Waals surface area contributed by atoms with E-state index in [0.29, 0.717) is 5.92 Å². The van der Waals surface area contributed by atoms with Crippen LogP contribution in [0.15, 0.2) is 0 Å². The number of aliphatic hydroxyl groups excluding tert-OH is 1. The SMILES string of the molecule is CN(CCC1CCCC1(N)CO)CCN1CCCC1. The van der Waals surface area contributed by atoms with Crippen LogP contribution >= 0.6 is 0 Å². The topological polar surface area (TPSA) is 52.7 Å². The summed E-state index contributed by atoms with van der Waals surface area (Å²) in [5.41, 5.74) is 5.99. The highest BCUT2D eigenvalue weighted by molar-refractivity contribution is 4.96. The van der Waals surface area contributed by atoms with Gasteiger partial charge in [0.15, 0.2) is 0 Å². The summed E-state index contributed by atoms with van der Waals surface area (Å²) in [5, 5.41) is 9.46. The highest BCUT2D eigenvalue weighted by Gasteiger charge is 2.38. The smallest absolute Gasteiger partial charge is 0.0613 e. The van der Waals surface area contributed by atoms with Crippen LogP contribution in [0.3, 0.4) is 0 Å². The fourth-order valence-corrected chi connectivity index (χ4v) is 3.62. The Labute approximate surface area is 117 Å². The number of aliphatic hydroxyl groups is 1. The fourth-order valence-electron chi connectivity index (χ4n) is 3.62. The van der Waals surface area contributed by atoms with Crippen LogP contribution in [-0.2, 0) is 0 Å². The van der Waals surface area contributed by atoms with Crippen molar-refractivity contribution in [3.8, 4) is 0 Å². The molecule has 1 heterocycles. The average molecular weight is 269 g/mol. The summed E-state index contributed by atoms with van der Waals surface area (Å²) in [7, 11) is 2.21. The summed E-state index contributed by atoms with van der Waals surface area (Å²) in [6, 6.07) is 0. The van der Waals surface area contributed by atoms with Crippen molar-refractivity contribution in [2.45, 2.75) is 44.1 Å². The number of nitrogens with two attached hydrogens (primary N) is 1. The molecule has 0 aromatic carbocycles. The Bertz CT molecular complexity index is 268. The van der Waals surface area contributed by atoms with Crippen LogP contribution < -0.4 is 5.73 Å². The van der Waals surface area contributed by atoms with Crippen LogP contribution in [0.25, 0.3) is 0 Å². The first-order valence-electron chi connectivity index (χ1n) is 7.95. The van der Waals surface area contributed by atoms with Gasteiger partial charge in [0.25, 0.3) is 0 Å². The predicted molar refractivity (Wildman–Crippen MR) is 79.1 cm³/mol. The molecule has 2 atom stereocenters. The second-order valence-corrected chi connectivity index (χ2v) is 6.62. The highest BCUT2D eigenvalue weighted by Crippen LogP contribution is 2.35. The van der Waals surface area contributed by atoms with Crippen LogP contribution in [0.1, 0.15) is 38.5 Å². The average Bonchev–Trinajstić information content (AvgIpc) is 3.04. The van der Waals surface area contributed by atoms with Crippen molar-refractivity contribution in [3.63, 3.8) is 0 Å². The molecule has 1 saturated carbocycles. The zero-order valence-electron chi connectivity index (χ0n) is 12.5. The van der Waals surface area contributed by atoms with Gasteiger partial charge in [-0.15, -0.1) is 0 Å². The number of likely N-dealkylation sites (N-methyl/N-ethyl adjacent to an activating group) is 1. The Morgan fingerprint density at radius 3 is 2.68 bits per heavy atom. The van der Waals surface area contributed by atoms with Crippen LogP contribution in [0.4, 0.5) is 0 Å². The molecule has 4 nitrogen and oxygen atoms in total. The minimum Gasteiger partial charge on any atom is -0.394 e. The van der Waals surface area contributed by atoms with E-state index in [1.54, 1.807) is 0 Å². The zero-order valence-corrected chi connectivity index (χ0v) is 12.5. The van der Waals surface area contributed by atoms with Crippen molar-refractivity contribution in [2.24, 2.45) is 11.7 Å². The molecule has 0 spiro atoms. The van der Waals surface area contributed by atoms with Gasteiger partial charge in [-0.1, -0.05) is 6.42 Å². The lowest BCUT2D eigenvalue weighted by Gasteiger charge is -2.31. The molecule has 4 heteroatoms. The van der Waals surface area contributed by atoms with Crippen LogP contribution in [-0.4, -0.2) is 66.8 Å². The summed E-state index contributed by atoms with van der Waals surface area (Å²) in [6.45, 7) is 6.19. The zero-order chi connectivity index (χ0) is 13.7. The second kappa shape index (κ2) is 7.02. The molecular formula is C15H31N3O. The van der Waals surface area contributed by atoms with Gasteiger partial charge in [-0.2, -0.15) is 0 Å². The first kappa shape index (κ1) is 15.2. The lowest BCUT2D eigenvalue weighted by Crippen LogP contribution is -2.47. The van der Waals surface area contributed by atoms with Gasteiger partial charge in [-0.3, -0.25) is 0 Å². The van der Waals surface area contributed by atoms with Gasteiger partial charge >= 0.3 is 0 Å². The molecule has 1 aliphatic heterocycles. The van der Waals surface area contributed by atoms with E-state index in [1.807, 2.05) is 0 Å². The van der Waals surface area contributed by atoms with Gasteiger partial charge in [0.05, 0.1) is 6.61 Å². The maximum atomic E-state index is 9.46. The molecule has 2 unspecified atom stereocenters. The molecule has 19 heavy (non-hydrogen) atoms. The predicted octanol–water partition coefficient (Wildman–Crippen LogP) is 0.894. The van der Waals surface area contributed by atoms with E-state index in [1.165, 1.54) is 45.3 Å². The van der Waals surface area contributed by atoms with Crippen molar-refractivity contribution in [3.05, 3.63) is 0 Å². The first-order chi connectivity index (χ1) is 9.14. The standard InChI is InChI=1S/C15H31N3O/c1-17(11-12-18-8-2-3-9-18)10-6-14-5-4-7-15(14,16)13-19/h14,19H,2-13,16H2,1H3. The van der Waals surface area contributed by atoms with Crippen molar-refractivity contribution in [1.29, 1.82) is 0 Å². The van der Waals surface area contributed by atoms with Crippen molar-refractivity contribution >= 4 is 0 Å². The molecule has 0 aromatic heterocycles. The van der Waals surface area contributed by atoms with Crippen LogP contribution in [0.2, 0.25) is 0 Å². The largest absolute Gasteiger partial charge is 0.394 e. The normalized spacial score (nSPS) is 32.5. The quantitative estimate of drug-likeness (QED) is 0.721. The number of rotatable bonds is 7. The third kappa shape index (κ3) is 4.15. The molecule has 0 amide bonds. The first-order valence-corrected chi connectivity index (χ1v) is 7.95. The van der Waals surface area contributed by atoms with E-state index in [0.717, 1.165) is 25.9 Å².